The van der Waals surface area contributed by atoms with Gasteiger partial charge in [0.25, 0.3) is 0 Å². The number of halogens is 2. The summed E-state index contributed by atoms with van der Waals surface area (Å²) >= 11 is 6.79. The van der Waals surface area contributed by atoms with E-state index in [0.717, 1.165) is 15.1 Å². The molecular formula is C11H9BrFNS2. The van der Waals surface area contributed by atoms with E-state index in [2.05, 4.69) is 15.9 Å². The van der Waals surface area contributed by atoms with Gasteiger partial charge in [-0.3, -0.25) is 0 Å². The smallest absolute Gasteiger partial charge is 0.125 e. The Labute approximate surface area is 110 Å². The maximum absolute atomic E-state index is 12.8. The molecule has 84 valence electrons. The lowest BCUT2D eigenvalue weighted by atomic mass is 10.3. The van der Waals surface area contributed by atoms with Crippen molar-refractivity contribution < 1.29 is 4.39 Å². The maximum atomic E-state index is 12.8. The van der Waals surface area contributed by atoms with Gasteiger partial charge in [0.05, 0.1) is 0 Å². The lowest BCUT2D eigenvalue weighted by Crippen LogP contribution is -1.89. The Morgan fingerprint density at radius 1 is 1.38 bits per heavy atom. The van der Waals surface area contributed by atoms with Crippen molar-refractivity contribution in [2.45, 2.75) is 10.6 Å². The summed E-state index contributed by atoms with van der Waals surface area (Å²) in [4.78, 5) is 2.18. The van der Waals surface area contributed by atoms with Crippen molar-refractivity contribution >= 4 is 44.7 Å². The Balaban J connectivity index is 2.08. The number of thioether (sulfide) groups is 1. The zero-order valence-corrected chi connectivity index (χ0v) is 11.5. The zero-order chi connectivity index (χ0) is 11.5. The minimum atomic E-state index is -0.292. The summed E-state index contributed by atoms with van der Waals surface area (Å²) in [7, 11) is 0. The Morgan fingerprint density at radius 2 is 2.19 bits per heavy atom. The highest BCUT2D eigenvalue weighted by Gasteiger charge is 2.05. The molecule has 1 aromatic carbocycles. The fourth-order valence-corrected chi connectivity index (χ4v) is 3.97. The summed E-state index contributed by atoms with van der Waals surface area (Å²) < 4.78 is 13.9. The van der Waals surface area contributed by atoms with Crippen molar-refractivity contribution in [2.24, 2.45) is 0 Å². The van der Waals surface area contributed by atoms with Crippen LogP contribution in [0.3, 0.4) is 0 Å². The van der Waals surface area contributed by atoms with Crippen molar-refractivity contribution in [3.05, 3.63) is 44.8 Å². The first-order chi connectivity index (χ1) is 7.66. The molecule has 0 spiro atoms. The molecule has 1 nitrogen and oxygen atoms in total. The lowest BCUT2D eigenvalue weighted by molar-refractivity contribution is 0.627. The molecule has 0 bridgehead atoms. The molecule has 1 aromatic heterocycles. The van der Waals surface area contributed by atoms with Crippen LogP contribution in [0.4, 0.5) is 10.1 Å². The highest BCUT2D eigenvalue weighted by molar-refractivity contribution is 9.10. The monoisotopic (exact) mass is 317 g/mol. The van der Waals surface area contributed by atoms with Crippen LogP contribution >= 0.6 is 39.0 Å². The Bertz CT molecular complexity index is 498. The standard InChI is InChI=1S/C11H9BrFNS2/c12-8-3-4-15-11(8)6-16-10-2-1-7(13)5-9(10)14/h1-5H,6,14H2. The van der Waals surface area contributed by atoms with Crippen LogP contribution in [0.2, 0.25) is 0 Å². The third kappa shape index (κ3) is 2.78. The first-order valence-corrected chi connectivity index (χ1v) is 7.22. The fraction of sp³-hybridized carbons (Fsp3) is 0.0909. The molecule has 2 N–H and O–H groups in total. The van der Waals surface area contributed by atoms with Gasteiger partial charge in [0.2, 0.25) is 0 Å². The molecule has 0 amide bonds. The molecule has 2 rings (SSSR count). The van der Waals surface area contributed by atoms with E-state index >= 15 is 0 Å². The molecule has 0 saturated heterocycles. The highest BCUT2D eigenvalue weighted by Crippen LogP contribution is 2.33. The number of nitrogens with two attached hydrogens (primary N) is 1. The van der Waals surface area contributed by atoms with E-state index in [9.17, 15) is 4.39 Å². The number of nitrogen functional groups attached to an aromatic ring is 1. The molecule has 0 aliphatic carbocycles. The number of thiophene rings is 1. The van der Waals surface area contributed by atoms with E-state index < -0.39 is 0 Å². The number of rotatable bonds is 3. The zero-order valence-electron chi connectivity index (χ0n) is 8.24. The summed E-state index contributed by atoms with van der Waals surface area (Å²) in [5.41, 5.74) is 6.23. The Morgan fingerprint density at radius 3 is 2.81 bits per heavy atom. The molecule has 0 fully saturated rings. The van der Waals surface area contributed by atoms with Crippen molar-refractivity contribution in [1.29, 1.82) is 0 Å². The predicted molar refractivity (Wildman–Crippen MR) is 72.4 cm³/mol. The summed E-state index contributed by atoms with van der Waals surface area (Å²) in [5.74, 6) is 0.549. The third-order valence-corrected chi connectivity index (χ3v) is 5.25. The fourth-order valence-electron chi connectivity index (χ4n) is 1.22. The summed E-state index contributed by atoms with van der Waals surface area (Å²) in [6.45, 7) is 0. The minimum Gasteiger partial charge on any atom is -0.398 e. The SMILES string of the molecule is Nc1cc(F)ccc1SCc1sccc1Br. The van der Waals surface area contributed by atoms with Crippen LogP contribution in [0, 0.1) is 5.82 Å². The van der Waals surface area contributed by atoms with Gasteiger partial charge in [-0.15, -0.1) is 23.1 Å². The van der Waals surface area contributed by atoms with Crippen molar-refractivity contribution in [2.75, 3.05) is 5.73 Å². The van der Waals surface area contributed by atoms with Crippen molar-refractivity contribution in [3.63, 3.8) is 0 Å². The highest BCUT2D eigenvalue weighted by atomic mass is 79.9. The molecule has 0 aliphatic rings. The van der Waals surface area contributed by atoms with Crippen LogP contribution in [0.15, 0.2) is 39.0 Å². The molecule has 0 saturated carbocycles. The lowest BCUT2D eigenvalue weighted by Gasteiger charge is -2.04. The van der Waals surface area contributed by atoms with Gasteiger partial charge in [0.15, 0.2) is 0 Å². The van der Waals surface area contributed by atoms with Crippen LogP contribution in [-0.4, -0.2) is 0 Å². The van der Waals surface area contributed by atoms with E-state index in [1.165, 1.54) is 17.0 Å². The summed E-state index contributed by atoms with van der Waals surface area (Å²) in [6.07, 6.45) is 0. The molecule has 1 heterocycles. The van der Waals surface area contributed by atoms with Crippen LogP contribution < -0.4 is 5.73 Å². The van der Waals surface area contributed by atoms with Gasteiger partial charge < -0.3 is 5.73 Å². The number of anilines is 1. The van der Waals surface area contributed by atoms with Gasteiger partial charge in [-0.2, -0.15) is 0 Å². The van der Waals surface area contributed by atoms with Gasteiger partial charge in [-0.1, -0.05) is 0 Å². The van der Waals surface area contributed by atoms with E-state index in [0.29, 0.717) is 5.69 Å². The Kier molecular flexibility index (Phi) is 3.89. The molecule has 0 unspecified atom stereocenters. The molecule has 16 heavy (non-hydrogen) atoms. The molecule has 2 aromatic rings. The normalized spacial score (nSPS) is 10.6. The average molecular weight is 318 g/mol. The van der Waals surface area contributed by atoms with Gasteiger partial charge >= 0.3 is 0 Å². The topological polar surface area (TPSA) is 26.0 Å². The summed E-state index contributed by atoms with van der Waals surface area (Å²) in [5, 5.41) is 2.04. The second-order valence-electron chi connectivity index (χ2n) is 3.16. The van der Waals surface area contributed by atoms with Crippen LogP contribution in [0.25, 0.3) is 0 Å². The van der Waals surface area contributed by atoms with E-state index in [4.69, 9.17) is 5.73 Å². The van der Waals surface area contributed by atoms with Crippen LogP contribution in [-0.2, 0) is 5.75 Å². The van der Waals surface area contributed by atoms with Crippen molar-refractivity contribution in [3.8, 4) is 0 Å². The van der Waals surface area contributed by atoms with E-state index in [-0.39, 0.29) is 5.82 Å². The predicted octanol–water partition coefficient (Wildman–Crippen LogP) is 4.52. The molecular weight excluding hydrogens is 309 g/mol. The number of hydrogen-bond donors (Lipinski definition) is 1. The number of benzene rings is 1. The largest absolute Gasteiger partial charge is 0.398 e. The van der Waals surface area contributed by atoms with Gasteiger partial charge in [-0.25, -0.2) is 4.39 Å². The van der Waals surface area contributed by atoms with Crippen LogP contribution in [0.5, 0.6) is 0 Å². The molecule has 0 aliphatic heterocycles. The first-order valence-electron chi connectivity index (χ1n) is 4.56. The van der Waals surface area contributed by atoms with Gasteiger partial charge in [0, 0.05) is 25.7 Å². The second-order valence-corrected chi connectivity index (χ2v) is 6.03. The van der Waals surface area contributed by atoms with Crippen LogP contribution in [0.1, 0.15) is 4.88 Å². The van der Waals surface area contributed by atoms with Gasteiger partial charge in [0.1, 0.15) is 5.82 Å². The molecule has 5 heteroatoms. The number of hydrogen-bond acceptors (Lipinski definition) is 3. The minimum absolute atomic E-state index is 0.292. The quantitative estimate of drug-likeness (QED) is 0.665. The van der Waals surface area contributed by atoms with Crippen molar-refractivity contribution in [1.82, 2.24) is 0 Å². The summed E-state index contributed by atoms with van der Waals surface area (Å²) in [6, 6.07) is 6.53. The molecule has 0 atom stereocenters. The van der Waals surface area contributed by atoms with Gasteiger partial charge in [-0.05, 0) is 45.6 Å². The Hall–Kier alpha value is -0.520. The first kappa shape index (κ1) is 12.0. The maximum Gasteiger partial charge on any atom is 0.125 e. The second kappa shape index (κ2) is 5.21. The molecule has 0 radical (unpaired) electrons. The third-order valence-electron chi connectivity index (χ3n) is 2.02. The van der Waals surface area contributed by atoms with E-state index in [1.54, 1.807) is 29.2 Å². The average Bonchev–Trinajstić information content (AvgIpc) is 2.63. The van der Waals surface area contributed by atoms with E-state index in [1.807, 2.05) is 11.4 Å².